The molecule has 350 valence electrons. The maximum atomic E-state index is 11.9. The van der Waals surface area contributed by atoms with Gasteiger partial charge < -0.3 is 20.4 Å². The summed E-state index contributed by atoms with van der Waals surface area (Å²) in [7, 11) is 0. The van der Waals surface area contributed by atoms with E-state index in [0.29, 0.717) is 12.0 Å². The van der Waals surface area contributed by atoms with Crippen molar-refractivity contribution in [1.29, 1.82) is 0 Å². The monoisotopic (exact) mass is 901 g/mol. The molecule has 0 fully saturated rings. The van der Waals surface area contributed by atoms with Gasteiger partial charge in [0, 0.05) is 5.57 Å². The fraction of sp³-hybridized carbons (Fsp3) is 0.755. The van der Waals surface area contributed by atoms with Crippen molar-refractivity contribution in [2.75, 3.05) is 0 Å². The van der Waals surface area contributed by atoms with Gasteiger partial charge in [0.05, 0.1) is 25.9 Å². The molecule has 0 aromatic rings. The number of carbonyl (C=O) groups excluding carboxylic acids is 4. The SMILES string of the molecule is C.C.C.C=CCC1=C(O)[C@@](C)(CCCCCCCC)SC1=O.CCCCCCCC[C@@]1(C)SC(=O)C(C(C)=O)=C1O.CCCCCCCC[C@@]1(C)SC(=O)C(C(C)O)=C1O. The highest BCUT2D eigenvalue weighted by Gasteiger charge is 2.46. The molecular formula is C49H88O8S3. The fourth-order valence-corrected chi connectivity index (χ4v) is 10.9. The molecule has 0 amide bonds. The highest BCUT2D eigenvalue weighted by Crippen LogP contribution is 2.48. The van der Waals surface area contributed by atoms with Crippen LogP contribution in [-0.2, 0) is 19.2 Å². The van der Waals surface area contributed by atoms with Gasteiger partial charge in [-0.05, 0) is 60.3 Å². The van der Waals surface area contributed by atoms with E-state index in [0.717, 1.165) is 74.9 Å². The zero-order valence-corrected chi connectivity index (χ0v) is 39.0. The molecule has 3 rings (SSSR count). The molecule has 3 heterocycles. The molecule has 0 bridgehead atoms. The van der Waals surface area contributed by atoms with Crippen LogP contribution in [0, 0.1) is 0 Å². The first-order valence-corrected chi connectivity index (χ1v) is 24.1. The van der Waals surface area contributed by atoms with Crippen LogP contribution < -0.4 is 0 Å². The van der Waals surface area contributed by atoms with Crippen molar-refractivity contribution < 1.29 is 39.6 Å². The largest absolute Gasteiger partial charge is 0.510 e. The van der Waals surface area contributed by atoms with Crippen molar-refractivity contribution in [3.63, 3.8) is 0 Å². The van der Waals surface area contributed by atoms with Crippen LogP contribution >= 0.6 is 35.3 Å². The lowest BCUT2D eigenvalue weighted by Gasteiger charge is -2.22. The number of rotatable bonds is 25. The third-order valence-corrected chi connectivity index (χ3v) is 14.8. The van der Waals surface area contributed by atoms with Gasteiger partial charge in [-0.3, -0.25) is 19.2 Å². The number of hydrogen-bond donors (Lipinski definition) is 4. The summed E-state index contributed by atoms with van der Waals surface area (Å²) in [6.45, 7) is 18.8. The van der Waals surface area contributed by atoms with Crippen LogP contribution in [0.3, 0.4) is 0 Å². The van der Waals surface area contributed by atoms with Crippen molar-refractivity contribution >= 4 is 56.4 Å². The first-order chi connectivity index (χ1) is 26.9. The lowest BCUT2D eigenvalue weighted by molar-refractivity contribution is -0.117. The Balaban J connectivity index is -0.000000792. The van der Waals surface area contributed by atoms with Crippen molar-refractivity contribution in [3.8, 4) is 0 Å². The number of unbranched alkanes of at least 4 members (excludes halogenated alkanes) is 15. The molecule has 0 saturated heterocycles. The smallest absolute Gasteiger partial charge is 0.227 e. The van der Waals surface area contributed by atoms with E-state index in [1.807, 2.05) is 20.8 Å². The summed E-state index contributed by atoms with van der Waals surface area (Å²) in [6, 6.07) is 0. The van der Waals surface area contributed by atoms with Gasteiger partial charge in [-0.2, -0.15) is 0 Å². The van der Waals surface area contributed by atoms with Crippen LogP contribution in [0.25, 0.3) is 0 Å². The number of thioether (sulfide) groups is 3. The highest BCUT2D eigenvalue weighted by atomic mass is 32.2. The lowest BCUT2D eigenvalue weighted by atomic mass is 9.95. The van der Waals surface area contributed by atoms with E-state index in [9.17, 15) is 39.6 Å². The summed E-state index contributed by atoms with van der Waals surface area (Å²) in [6.07, 6.45) is 25.3. The third kappa shape index (κ3) is 19.6. The van der Waals surface area contributed by atoms with Crippen molar-refractivity contribution in [3.05, 3.63) is 46.7 Å². The maximum absolute atomic E-state index is 11.9. The van der Waals surface area contributed by atoms with Crippen molar-refractivity contribution in [2.24, 2.45) is 0 Å². The van der Waals surface area contributed by atoms with E-state index >= 15 is 0 Å². The number of ketones is 1. The summed E-state index contributed by atoms with van der Waals surface area (Å²) < 4.78 is -1.53. The summed E-state index contributed by atoms with van der Waals surface area (Å²) in [5.74, 6) is 0.0345. The summed E-state index contributed by atoms with van der Waals surface area (Å²) in [4.78, 5) is 46.8. The second-order valence-corrected chi connectivity index (χ2v) is 20.9. The second-order valence-electron chi connectivity index (χ2n) is 16.5. The van der Waals surface area contributed by atoms with Gasteiger partial charge in [0.2, 0.25) is 15.3 Å². The molecule has 0 spiro atoms. The van der Waals surface area contributed by atoms with Crippen LogP contribution in [-0.4, -0.2) is 61.9 Å². The summed E-state index contributed by atoms with van der Waals surface area (Å²) >= 11 is 3.54. The predicted octanol–water partition coefficient (Wildman–Crippen LogP) is 15.2. The van der Waals surface area contributed by atoms with E-state index < -0.39 is 20.3 Å². The van der Waals surface area contributed by atoms with Gasteiger partial charge in [-0.25, -0.2) is 0 Å². The van der Waals surface area contributed by atoms with E-state index in [-0.39, 0.29) is 71.8 Å². The van der Waals surface area contributed by atoms with E-state index in [1.54, 1.807) is 6.08 Å². The van der Waals surface area contributed by atoms with Gasteiger partial charge in [0.15, 0.2) is 5.78 Å². The molecule has 0 radical (unpaired) electrons. The summed E-state index contributed by atoms with van der Waals surface area (Å²) in [5, 5.41) is 39.6. The predicted molar refractivity (Wildman–Crippen MR) is 263 cm³/mol. The fourth-order valence-electron chi connectivity index (χ4n) is 7.32. The number of Topliss-reactive ketones (excluding diaryl/α,β-unsaturated/α-hetero) is 1. The van der Waals surface area contributed by atoms with E-state index in [1.165, 1.54) is 109 Å². The molecule has 4 N–H and O–H groups in total. The molecule has 0 aromatic heterocycles. The average molecular weight is 901 g/mol. The van der Waals surface area contributed by atoms with Crippen LogP contribution in [0.15, 0.2) is 46.7 Å². The minimum atomic E-state index is -0.883. The topological polar surface area (TPSA) is 149 Å². The molecule has 0 aliphatic carbocycles. The van der Waals surface area contributed by atoms with Crippen LogP contribution in [0.4, 0.5) is 0 Å². The van der Waals surface area contributed by atoms with Crippen molar-refractivity contribution in [1.82, 2.24) is 0 Å². The molecule has 8 nitrogen and oxygen atoms in total. The Morgan fingerprint density at radius 3 is 1.25 bits per heavy atom. The lowest BCUT2D eigenvalue weighted by Crippen LogP contribution is -2.21. The minimum Gasteiger partial charge on any atom is -0.510 e. The van der Waals surface area contributed by atoms with Gasteiger partial charge >= 0.3 is 0 Å². The van der Waals surface area contributed by atoms with Crippen molar-refractivity contribution in [2.45, 2.75) is 239 Å². The third-order valence-electron chi connectivity index (χ3n) is 11.0. The molecule has 0 aromatic carbocycles. The standard InChI is InChI=1S/C16H26O2S.C15H26O3S.C15H24O3S.3CH4/c1-4-6-7-8-9-10-12-16(3)14(17)13(11-5-2)15(18)19-16;2*1-4-5-6-7-8-9-10-15(3)13(17)12(11(2)16)14(18)19-15;;;/h5,17H,2,4,6-12H2,1,3H3;11,16-17H,4-10H2,1-3H3;17H,4-10H2,1-3H3;3*1H4/t16-;11?,15-;15-;;;/m111.../s1. The highest BCUT2D eigenvalue weighted by molar-refractivity contribution is 8.16. The molecular weight excluding hydrogens is 813 g/mol. The van der Waals surface area contributed by atoms with Gasteiger partial charge in [0.25, 0.3) is 0 Å². The minimum absolute atomic E-state index is 0. The Morgan fingerprint density at radius 1 is 0.583 bits per heavy atom. The zero-order valence-electron chi connectivity index (χ0n) is 36.6. The molecule has 11 heteroatoms. The molecule has 0 saturated carbocycles. The Bertz CT molecular complexity index is 1430. The zero-order chi connectivity index (χ0) is 43.2. The van der Waals surface area contributed by atoms with Crippen LogP contribution in [0.2, 0.25) is 0 Å². The molecule has 1 unspecified atom stereocenters. The quantitative estimate of drug-likeness (QED) is 0.0394. The maximum Gasteiger partial charge on any atom is 0.227 e. The molecule has 60 heavy (non-hydrogen) atoms. The number of aliphatic hydroxyl groups is 4. The van der Waals surface area contributed by atoms with Gasteiger partial charge in [0.1, 0.15) is 22.9 Å². The average Bonchev–Trinajstić information content (AvgIpc) is 3.61. The Hall–Kier alpha value is -1.95. The number of aliphatic hydroxyl groups excluding tert-OH is 4. The normalized spacial score (nSPS) is 22.6. The van der Waals surface area contributed by atoms with Gasteiger partial charge in [-0.1, -0.05) is 200 Å². The Labute approximate surface area is 380 Å². The molecule has 4 atom stereocenters. The number of allylic oxidation sites excluding steroid dienone is 1. The van der Waals surface area contributed by atoms with Gasteiger partial charge in [-0.15, -0.1) is 6.58 Å². The molecule has 3 aliphatic heterocycles. The Kier molecular flexibility index (Phi) is 33.1. The molecule has 3 aliphatic rings. The number of carbonyl (C=O) groups is 4. The second kappa shape index (κ2) is 31.8. The number of hydrogen-bond acceptors (Lipinski definition) is 11. The summed E-state index contributed by atoms with van der Waals surface area (Å²) in [5.41, 5.74) is 0.741. The van der Waals surface area contributed by atoms with E-state index in [4.69, 9.17) is 0 Å². The van der Waals surface area contributed by atoms with E-state index in [2.05, 4.69) is 27.4 Å². The van der Waals surface area contributed by atoms with Crippen LogP contribution in [0.1, 0.15) is 219 Å². The Morgan fingerprint density at radius 2 is 0.917 bits per heavy atom. The first kappa shape index (κ1) is 62.3. The first-order valence-electron chi connectivity index (χ1n) is 21.7. The van der Waals surface area contributed by atoms with Crippen LogP contribution in [0.5, 0.6) is 0 Å².